The van der Waals surface area contributed by atoms with Gasteiger partial charge >= 0.3 is 0 Å². The van der Waals surface area contributed by atoms with Crippen LogP contribution in [0.3, 0.4) is 0 Å². The summed E-state index contributed by atoms with van der Waals surface area (Å²) >= 11 is 7.67. The molecular formula is C14H15ClFNS. The molecule has 0 saturated heterocycles. The van der Waals surface area contributed by atoms with Crippen molar-refractivity contribution in [2.45, 2.75) is 18.9 Å². The third kappa shape index (κ3) is 3.31. The molecule has 0 spiro atoms. The fraction of sp³-hybridized carbons (Fsp3) is 0.286. The van der Waals surface area contributed by atoms with Crippen molar-refractivity contribution in [2.75, 3.05) is 7.05 Å². The molecule has 1 atom stereocenters. The van der Waals surface area contributed by atoms with E-state index in [1.165, 1.54) is 11.6 Å². The average Bonchev–Trinajstić information content (AvgIpc) is 2.86. The van der Waals surface area contributed by atoms with Crippen LogP contribution in [0.2, 0.25) is 5.02 Å². The predicted molar refractivity (Wildman–Crippen MR) is 76.0 cm³/mol. The highest BCUT2D eigenvalue weighted by Crippen LogP contribution is 2.22. The summed E-state index contributed by atoms with van der Waals surface area (Å²) in [4.78, 5) is 0. The normalized spacial score (nSPS) is 12.6. The largest absolute Gasteiger partial charge is 0.316 e. The molecule has 96 valence electrons. The minimum absolute atomic E-state index is 0.239. The van der Waals surface area contributed by atoms with Crippen LogP contribution in [0, 0.1) is 5.82 Å². The Labute approximate surface area is 116 Å². The molecule has 1 nitrogen and oxygen atoms in total. The van der Waals surface area contributed by atoms with Crippen molar-refractivity contribution in [3.05, 3.63) is 57.0 Å². The molecule has 18 heavy (non-hydrogen) atoms. The van der Waals surface area contributed by atoms with Gasteiger partial charge in [0.05, 0.1) is 5.02 Å². The van der Waals surface area contributed by atoms with Gasteiger partial charge in [-0.15, -0.1) is 0 Å². The van der Waals surface area contributed by atoms with E-state index in [1.54, 1.807) is 17.4 Å². The lowest BCUT2D eigenvalue weighted by atomic mass is 10.0. The molecule has 1 aromatic heterocycles. The first-order valence-electron chi connectivity index (χ1n) is 5.82. The van der Waals surface area contributed by atoms with Gasteiger partial charge in [-0.1, -0.05) is 23.7 Å². The van der Waals surface area contributed by atoms with Crippen molar-refractivity contribution < 1.29 is 4.39 Å². The zero-order chi connectivity index (χ0) is 13.0. The number of rotatable bonds is 5. The zero-order valence-corrected chi connectivity index (χ0v) is 11.7. The molecule has 0 amide bonds. The molecule has 0 fully saturated rings. The minimum Gasteiger partial charge on any atom is -0.316 e. The molecule has 1 unspecified atom stereocenters. The van der Waals surface area contributed by atoms with Gasteiger partial charge in [0.15, 0.2) is 0 Å². The second-order valence-electron chi connectivity index (χ2n) is 4.24. The molecule has 2 rings (SSSR count). The molecular weight excluding hydrogens is 269 g/mol. The van der Waals surface area contributed by atoms with E-state index in [4.69, 9.17) is 11.6 Å². The summed E-state index contributed by atoms with van der Waals surface area (Å²) in [6.07, 6.45) is 1.65. The molecule has 0 saturated carbocycles. The molecule has 1 N–H and O–H groups in total. The van der Waals surface area contributed by atoms with Crippen molar-refractivity contribution in [3.8, 4) is 0 Å². The van der Waals surface area contributed by atoms with Crippen LogP contribution in [-0.4, -0.2) is 13.1 Å². The summed E-state index contributed by atoms with van der Waals surface area (Å²) in [6, 6.07) is 7.34. The summed E-state index contributed by atoms with van der Waals surface area (Å²) < 4.78 is 13.4. The first-order valence-corrected chi connectivity index (χ1v) is 7.14. The fourth-order valence-corrected chi connectivity index (χ4v) is 2.83. The SMILES string of the molecule is CNC(Cc1ccsc1)Cc1cccc(F)c1Cl. The van der Waals surface area contributed by atoms with E-state index in [1.807, 2.05) is 13.1 Å². The van der Waals surface area contributed by atoms with Crippen molar-refractivity contribution in [2.24, 2.45) is 0 Å². The number of halogens is 2. The lowest BCUT2D eigenvalue weighted by molar-refractivity contribution is 0.553. The lowest BCUT2D eigenvalue weighted by Crippen LogP contribution is -2.29. The Bertz CT molecular complexity index is 499. The summed E-state index contributed by atoms with van der Waals surface area (Å²) in [7, 11) is 1.92. The van der Waals surface area contributed by atoms with Crippen LogP contribution >= 0.6 is 22.9 Å². The molecule has 0 radical (unpaired) electrons. The van der Waals surface area contributed by atoms with Crippen LogP contribution in [0.5, 0.6) is 0 Å². The topological polar surface area (TPSA) is 12.0 Å². The van der Waals surface area contributed by atoms with Crippen molar-refractivity contribution >= 4 is 22.9 Å². The van der Waals surface area contributed by atoms with E-state index in [2.05, 4.69) is 22.1 Å². The maximum absolute atomic E-state index is 13.4. The first kappa shape index (κ1) is 13.5. The van der Waals surface area contributed by atoms with Gasteiger partial charge in [0, 0.05) is 6.04 Å². The Hall–Kier alpha value is -0.900. The highest BCUT2D eigenvalue weighted by atomic mass is 35.5. The van der Waals surface area contributed by atoms with Gasteiger partial charge < -0.3 is 5.32 Å². The Morgan fingerprint density at radius 3 is 2.83 bits per heavy atom. The number of nitrogens with one attached hydrogen (secondary N) is 1. The number of hydrogen-bond donors (Lipinski definition) is 1. The second kappa shape index (κ2) is 6.32. The predicted octanol–water partition coefficient (Wildman–Crippen LogP) is 3.91. The van der Waals surface area contributed by atoms with E-state index in [9.17, 15) is 4.39 Å². The highest BCUT2D eigenvalue weighted by Gasteiger charge is 2.12. The summed E-state index contributed by atoms with van der Waals surface area (Å²) in [5, 5.41) is 7.70. The smallest absolute Gasteiger partial charge is 0.142 e. The van der Waals surface area contributed by atoms with Gasteiger partial charge in [-0.3, -0.25) is 0 Å². The number of thiophene rings is 1. The molecule has 0 aliphatic carbocycles. The monoisotopic (exact) mass is 283 g/mol. The van der Waals surface area contributed by atoms with Crippen LogP contribution < -0.4 is 5.32 Å². The van der Waals surface area contributed by atoms with Crippen LogP contribution in [0.25, 0.3) is 0 Å². The highest BCUT2D eigenvalue weighted by molar-refractivity contribution is 7.07. The fourth-order valence-electron chi connectivity index (χ4n) is 1.94. The lowest BCUT2D eigenvalue weighted by Gasteiger charge is -2.16. The molecule has 0 aliphatic heterocycles. The standard InChI is InChI=1S/C14H15ClFNS/c1-17-12(7-10-5-6-18-9-10)8-11-3-2-4-13(16)14(11)15/h2-6,9,12,17H,7-8H2,1H3. The summed E-state index contributed by atoms with van der Waals surface area (Å²) in [6.45, 7) is 0. The van der Waals surface area contributed by atoms with E-state index >= 15 is 0 Å². The first-order chi connectivity index (χ1) is 8.70. The molecule has 1 heterocycles. The van der Waals surface area contributed by atoms with E-state index in [-0.39, 0.29) is 16.9 Å². The molecule has 2 aromatic rings. The summed E-state index contributed by atoms with van der Waals surface area (Å²) in [5.74, 6) is -0.348. The molecule has 1 aromatic carbocycles. The summed E-state index contributed by atoms with van der Waals surface area (Å²) in [5.41, 5.74) is 2.15. The number of likely N-dealkylation sites (N-methyl/N-ethyl adjacent to an activating group) is 1. The minimum atomic E-state index is -0.348. The third-order valence-corrected chi connectivity index (χ3v) is 4.12. The van der Waals surface area contributed by atoms with E-state index in [0.29, 0.717) is 0 Å². The van der Waals surface area contributed by atoms with Gasteiger partial charge in [-0.2, -0.15) is 11.3 Å². The van der Waals surface area contributed by atoms with E-state index in [0.717, 1.165) is 18.4 Å². The average molecular weight is 284 g/mol. The Morgan fingerprint density at radius 2 is 2.17 bits per heavy atom. The second-order valence-corrected chi connectivity index (χ2v) is 5.40. The Balaban J connectivity index is 2.08. The van der Waals surface area contributed by atoms with Crippen molar-refractivity contribution in [1.82, 2.24) is 5.32 Å². The van der Waals surface area contributed by atoms with Gasteiger partial charge in [0.2, 0.25) is 0 Å². The van der Waals surface area contributed by atoms with Crippen LogP contribution in [0.1, 0.15) is 11.1 Å². The van der Waals surface area contributed by atoms with Gasteiger partial charge in [-0.05, 0) is 53.9 Å². The number of hydrogen-bond acceptors (Lipinski definition) is 2. The van der Waals surface area contributed by atoms with Crippen LogP contribution in [-0.2, 0) is 12.8 Å². The number of benzene rings is 1. The Morgan fingerprint density at radius 1 is 1.33 bits per heavy atom. The molecule has 0 aliphatic rings. The molecule has 4 heteroatoms. The van der Waals surface area contributed by atoms with Gasteiger partial charge in [-0.25, -0.2) is 4.39 Å². The van der Waals surface area contributed by atoms with Crippen LogP contribution in [0.15, 0.2) is 35.0 Å². The van der Waals surface area contributed by atoms with Crippen molar-refractivity contribution in [3.63, 3.8) is 0 Å². The van der Waals surface area contributed by atoms with Crippen molar-refractivity contribution in [1.29, 1.82) is 0 Å². The van der Waals surface area contributed by atoms with Gasteiger partial charge in [0.1, 0.15) is 5.82 Å². The maximum Gasteiger partial charge on any atom is 0.142 e. The quantitative estimate of drug-likeness (QED) is 0.877. The molecule has 0 bridgehead atoms. The zero-order valence-electron chi connectivity index (χ0n) is 10.1. The Kier molecular flexibility index (Phi) is 4.75. The maximum atomic E-state index is 13.4. The van der Waals surface area contributed by atoms with E-state index < -0.39 is 0 Å². The third-order valence-electron chi connectivity index (χ3n) is 2.97. The van der Waals surface area contributed by atoms with Crippen LogP contribution in [0.4, 0.5) is 4.39 Å². The van der Waals surface area contributed by atoms with Gasteiger partial charge in [0.25, 0.3) is 0 Å².